The number of nitrogens with two attached hydrogens (primary N) is 1. The number of para-hydroxylation sites is 1. The predicted molar refractivity (Wildman–Crippen MR) is 78.3 cm³/mol. The minimum absolute atomic E-state index is 0.0760. The Bertz CT molecular complexity index is 597. The van der Waals surface area contributed by atoms with Crippen molar-refractivity contribution in [2.45, 2.75) is 6.42 Å². The first kappa shape index (κ1) is 14.0. The highest BCUT2D eigenvalue weighted by Crippen LogP contribution is 2.11. The maximum absolute atomic E-state index is 11.6. The number of nitrogens with one attached hydrogen (secondary N) is 2. The van der Waals surface area contributed by atoms with Crippen molar-refractivity contribution in [3.05, 3.63) is 41.4 Å². The quantitative estimate of drug-likeness (QED) is 0.766. The Morgan fingerprint density at radius 2 is 1.95 bits per heavy atom. The fourth-order valence-corrected chi connectivity index (χ4v) is 2.10. The lowest BCUT2D eigenvalue weighted by atomic mass is 10.3. The Morgan fingerprint density at radius 3 is 2.60 bits per heavy atom. The second-order valence-corrected chi connectivity index (χ2v) is 4.93. The van der Waals surface area contributed by atoms with E-state index in [1.54, 1.807) is 17.5 Å². The van der Waals surface area contributed by atoms with E-state index in [1.807, 2.05) is 18.2 Å². The summed E-state index contributed by atoms with van der Waals surface area (Å²) in [7, 11) is 0. The molecule has 0 unspecified atom stereocenters. The van der Waals surface area contributed by atoms with Crippen molar-refractivity contribution in [2.24, 2.45) is 0 Å². The first-order valence-corrected chi connectivity index (χ1v) is 6.83. The normalized spacial score (nSPS) is 10.0. The Kier molecular flexibility index (Phi) is 4.67. The minimum Gasteiger partial charge on any atom is -0.375 e. The number of thiazole rings is 1. The molecule has 0 aliphatic heterocycles. The van der Waals surface area contributed by atoms with Gasteiger partial charge in [-0.05, 0) is 12.1 Å². The molecule has 2 rings (SSSR count). The molecular weight excluding hydrogens is 276 g/mol. The zero-order valence-electron chi connectivity index (χ0n) is 10.6. The van der Waals surface area contributed by atoms with Gasteiger partial charge in [0, 0.05) is 11.1 Å². The van der Waals surface area contributed by atoms with Gasteiger partial charge in [0.1, 0.15) is 0 Å². The van der Waals surface area contributed by atoms with Crippen LogP contribution in [-0.4, -0.2) is 23.3 Å². The number of carbonyl (C=O) groups is 2. The summed E-state index contributed by atoms with van der Waals surface area (Å²) in [5, 5.41) is 7.36. The van der Waals surface area contributed by atoms with E-state index in [2.05, 4.69) is 15.6 Å². The molecule has 0 bridgehead atoms. The topological polar surface area (TPSA) is 97.1 Å². The van der Waals surface area contributed by atoms with Crippen LogP contribution in [0.2, 0.25) is 0 Å². The highest BCUT2D eigenvalue weighted by Gasteiger charge is 2.08. The van der Waals surface area contributed by atoms with Crippen molar-refractivity contribution in [2.75, 3.05) is 17.6 Å². The monoisotopic (exact) mass is 290 g/mol. The van der Waals surface area contributed by atoms with Crippen molar-refractivity contribution in [1.29, 1.82) is 0 Å². The van der Waals surface area contributed by atoms with Gasteiger partial charge in [0.25, 0.3) is 0 Å². The number of hydrogen-bond donors (Lipinski definition) is 3. The van der Waals surface area contributed by atoms with Crippen LogP contribution in [0, 0.1) is 0 Å². The van der Waals surface area contributed by atoms with E-state index in [0.29, 0.717) is 16.5 Å². The van der Waals surface area contributed by atoms with Crippen molar-refractivity contribution in [3.63, 3.8) is 0 Å². The summed E-state index contributed by atoms with van der Waals surface area (Å²) < 4.78 is 0. The highest BCUT2D eigenvalue weighted by molar-refractivity contribution is 7.13. The Balaban J connectivity index is 1.74. The molecule has 7 heteroatoms. The van der Waals surface area contributed by atoms with Crippen LogP contribution in [-0.2, 0) is 16.0 Å². The third kappa shape index (κ3) is 4.36. The summed E-state index contributed by atoms with van der Waals surface area (Å²) in [5.41, 5.74) is 6.77. The summed E-state index contributed by atoms with van der Waals surface area (Å²) in [5.74, 6) is -0.541. The zero-order valence-corrected chi connectivity index (χ0v) is 11.4. The molecule has 2 aromatic rings. The summed E-state index contributed by atoms with van der Waals surface area (Å²) in [6.07, 6.45) is 0.117. The van der Waals surface area contributed by atoms with Crippen LogP contribution in [0.25, 0.3) is 0 Å². The van der Waals surface area contributed by atoms with Crippen molar-refractivity contribution < 1.29 is 9.59 Å². The number of nitrogens with zero attached hydrogens (tertiary/aromatic N) is 1. The molecule has 1 aromatic carbocycles. The lowest BCUT2D eigenvalue weighted by Crippen LogP contribution is -2.33. The molecule has 0 atom stereocenters. The van der Waals surface area contributed by atoms with Crippen LogP contribution >= 0.6 is 11.3 Å². The number of amides is 2. The Morgan fingerprint density at radius 1 is 1.20 bits per heavy atom. The number of nitrogen functional groups attached to an aromatic ring is 1. The lowest BCUT2D eigenvalue weighted by molar-refractivity contribution is -0.123. The second kappa shape index (κ2) is 6.67. The van der Waals surface area contributed by atoms with Crippen LogP contribution in [0.1, 0.15) is 5.69 Å². The SMILES string of the molecule is Nc1nc(CC(=O)NCC(=O)Nc2ccccc2)cs1. The third-order valence-electron chi connectivity index (χ3n) is 2.41. The van der Waals surface area contributed by atoms with Gasteiger partial charge in [0.15, 0.2) is 5.13 Å². The fourth-order valence-electron chi connectivity index (χ4n) is 1.54. The Labute approximate surface area is 120 Å². The first-order valence-electron chi connectivity index (χ1n) is 5.95. The molecule has 20 heavy (non-hydrogen) atoms. The van der Waals surface area contributed by atoms with Gasteiger partial charge in [-0.1, -0.05) is 18.2 Å². The minimum atomic E-state index is -0.276. The molecule has 0 aliphatic rings. The molecular formula is C13H14N4O2S. The molecule has 0 fully saturated rings. The molecule has 0 saturated carbocycles. The molecule has 4 N–H and O–H groups in total. The number of benzene rings is 1. The predicted octanol–water partition coefficient (Wildman–Crippen LogP) is 1.02. The van der Waals surface area contributed by atoms with Crippen molar-refractivity contribution in [3.8, 4) is 0 Å². The van der Waals surface area contributed by atoms with E-state index in [1.165, 1.54) is 11.3 Å². The maximum atomic E-state index is 11.6. The molecule has 0 spiro atoms. The van der Waals surface area contributed by atoms with Crippen LogP contribution in [0.4, 0.5) is 10.8 Å². The number of anilines is 2. The van der Waals surface area contributed by atoms with E-state index < -0.39 is 0 Å². The molecule has 0 aliphatic carbocycles. The molecule has 0 radical (unpaired) electrons. The standard InChI is InChI=1S/C13H14N4O2S/c14-13-17-10(8-20-13)6-11(18)15-7-12(19)16-9-4-2-1-3-5-9/h1-5,8H,6-7H2,(H2,14,17)(H,15,18)(H,16,19). The number of aromatic nitrogens is 1. The zero-order chi connectivity index (χ0) is 14.4. The van der Waals surface area contributed by atoms with E-state index in [-0.39, 0.29) is 24.8 Å². The second-order valence-electron chi connectivity index (χ2n) is 4.04. The van der Waals surface area contributed by atoms with Gasteiger partial charge in [-0.2, -0.15) is 0 Å². The van der Waals surface area contributed by atoms with Gasteiger partial charge in [0.05, 0.1) is 18.7 Å². The lowest BCUT2D eigenvalue weighted by Gasteiger charge is -2.06. The van der Waals surface area contributed by atoms with Gasteiger partial charge >= 0.3 is 0 Å². The van der Waals surface area contributed by atoms with Gasteiger partial charge in [-0.3, -0.25) is 9.59 Å². The van der Waals surface area contributed by atoms with Crippen LogP contribution < -0.4 is 16.4 Å². The van der Waals surface area contributed by atoms with E-state index >= 15 is 0 Å². The van der Waals surface area contributed by atoms with Crippen LogP contribution in [0.15, 0.2) is 35.7 Å². The number of hydrogen-bond acceptors (Lipinski definition) is 5. The van der Waals surface area contributed by atoms with Crippen molar-refractivity contribution >= 4 is 34.0 Å². The third-order valence-corrected chi connectivity index (χ3v) is 3.14. The average molecular weight is 290 g/mol. The summed E-state index contributed by atoms with van der Waals surface area (Å²) in [6.45, 7) is -0.0760. The summed E-state index contributed by atoms with van der Waals surface area (Å²) in [6, 6.07) is 9.05. The highest BCUT2D eigenvalue weighted by atomic mass is 32.1. The molecule has 2 amide bonds. The van der Waals surface area contributed by atoms with Gasteiger partial charge in [-0.15, -0.1) is 11.3 Å². The molecule has 1 heterocycles. The van der Waals surface area contributed by atoms with Crippen LogP contribution in [0.5, 0.6) is 0 Å². The van der Waals surface area contributed by atoms with E-state index in [9.17, 15) is 9.59 Å². The average Bonchev–Trinajstić information content (AvgIpc) is 2.83. The molecule has 0 saturated heterocycles. The van der Waals surface area contributed by atoms with Gasteiger partial charge in [0.2, 0.25) is 11.8 Å². The first-order chi connectivity index (χ1) is 9.63. The van der Waals surface area contributed by atoms with Gasteiger partial charge in [-0.25, -0.2) is 4.98 Å². The van der Waals surface area contributed by atoms with E-state index in [0.717, 1.165) is 0 Å². The smallest absolute Gasteiger partial charge is 0.243 e. The Hall–Kier alpha value is -2.41. The number of carbonyl (C=O) groups excluding carboxylic acids is 2. The fraction of sp³-hybridized carbons (Fsp3) is 0.154. The largest absolute Gasteiger partial charge is 0.375 e. The van der Waals surface area contributed by atoms with Gasteiger partial charge < -0.3 is 16.4 Å². The maximum Gasteiger partial charge on any atom is 0.243 e. The number of rotatable bonds is 5. The molecule has 1 aromatic heterocycles. The van der Waals surface area contributed by atoms with E-state index in [4.69, 9.17) is 5.73 Å². The van der Waals surface area contributed by atoms with Crippen LogP contribution in [0.3, 0.4) is 0 Å². The summed E-state index contributed by atoms with van der Waals surface area (Å²) in [4.78, 5) is 27.2. The molecule has 6 nitrogen and oxygen atoms in total. The summed E-state index contributed by atoms with van der Waals surface area (Å²) >= 11 is 1.28. The van der Waals surface area contributed by atoms with Crippen molar-refractivity contribution in [1.82, 2.24) is 10.3 Å². The molecule has 104 valence electrons.